The average Bonchev–Trinajstić information content (AvgIpc) is 2.34. The van der Waals surface area contributed by atoms with Gasteiger partial charge >= 0.3 is 6.09 Å². The maximum atomic E-state index is 11.7. The van der Waals surface area contributed by atoms with Gasteiger partial charge in [-0.05, 0) is 25.1 Å². The molecule has 1 aliphatic heterocycles. The van der Waals surface area contributed by atoms with Crippen molar-refractivity contribution in [3.8, 4) is 0 Å². The number of amides is 1. The van der Waals surface area contributed by atoms with E-state index < -0.39 is 0 Å². The lowest BCUT2D eigenvalue weighted by atomic mass is 10.1. The van der Waals surface area contributed by atoms with Crippen LogP contribution in [0.1, 0.15) is 18.5 Å². The summed E-state index contributed by atoms with van der Waals surface area (Å²) in [5.74, 6) is 0. The molecule has 1 atom stereocenters. The highest BCUT2D eigenvalue weighted by molar-refractivity contribution is 5.68. The first-order valence-corrected chi connectivity index (χ1v) is 5.85. The van der Waals surface area contributed by atoms with Crippen molar-refractivity contribution in [2.75, 3.05) is 13.1 Å². The zero-order valence-electron chi connectivity index (χ0n) is 9.71. The Morgan fingerprint density at radius 2 is 2.41 bits per heavy atom. The quantitative estimate of drug-likeness (QED) is 0.849. The van der Waals surface area contributed by atoms with Gasteiger partial charge in [0.2, 0.25) is 0 Å². The Hall–Kier alpha value is -1.62. The van der Waals surface area contributed by atoms with Crippen LogP contribution in [0.25, 0.3) is 0 Å². The van der Waals surface area contributed by atoms with Gasteiger partial charge in [-0.2, -0.15) is 0 Å². The predicted molar refractivity (Wildman–Crippen MR) is 63.2 cm³/mol. The van der Waals surface area contributed by atoms with Crippen molar-refractivity contribution >= 4 is 6.09 Å². The molecule has 1 saturated heterocycles. The van der Waals surface area contributed by atoms with Crippen molar-refractivity contribution in [3.63, 3.8) is 0 Å². The first-order valence-electron chi connectivity index (χ1n) is 5.85. The van der Waals surface area contributed by atoms with Crippen molar-refractivity contribution < 1.29 is 9.53 Å². The van der Waals surface area contributed by atoms with E-state index in [0.717, 1.165) is 18.5 Å². The van der Waals surface area contributed by atoms with E-state index in [1.54, 1.807) is 11.1 Å². The molecule has 0 saturated carbocycles. The lowest BCUT2D eigenvalue weighted by Crippen LogP contribution is -2.42. The van der Waals surface area contributed by atoms with Gasteiger partial charge in [-0.1, -0.05) is 6.07 Å². The molecule has 17 heavy (non-hydrogen) atoms. The molecule has 5 nitrogen and oxygen atoms in total. The molecule has 1 fully saturated rings. The highest BCUT2D eigenvalue weighted by atomic mass is 16.6. The fourth-order valence-electron chi connectivity index (χ4n) is 1.89. The fraction of sp³-hybridized carbons (Fsp3) is 0.500. The zero-order chi connectivity index (χ0) is 12.1. The van der Waals surface area contributed by atoms with E-state index in [-0.39, 0.29) is 12.2 Å². The van der Waals surface area contributed by atoms with Gasteiger partial charge < -0.3 is 15.4 Å². The lowest BCUT2D eigenvalue weighted by Gasteiger charge is -2.31. The second kappa shape index (κ2) is 5.63. The maximum Gasteiger partial charge on any atom is 0.410 e. The van der Waals surface area contributed by atoms with Crippen LogP contribution in [-0.4, -0.2) is 35.2 Å². The van der Waals surface area contributed by atoms with Crippen molar-refractivity contribution in [3.05, 3.63) is 30.1 Å². The topological polar surface area (TPSA) is 68.5 Å². The van der Waals surface area contributed by atoms with E-state index in [4.69, 9.17) is 10.5 Å². The number of rotatable bonds is 4. The molecule has 0 aromatic carbocycles. The normalized spacial score (nSPS) is 20.2. The SMILES string of the molecule is NCCC1CCN(Cc2ccccn2)C(=O)O1. The van der Waals surface area contributed by atoms with E-state index in [1.807, 2.05) is 18.2 Å². The van der Waals surface area contributed by atoms with Gasteiger partial charge in [-0.15, -0.1) is 0 Å². The number of carbonyl (C=O) groups excluding carboxylic acids is 1. The first-order chi connectivity index (χ1) is 8.29. The number of ether oxygens (including phenoxy) is 1. The summed E-state index contributed by atoms with van der Waals surface area (Å²) in [7, 11) is 0. The lowest BCUT2D eigenvalue weighted by molar-refractivity contribution is 0.0198. The van der Waals surface area contributed by atoms with E-state index >= 15 is 0 Å². The summed E-state index contributed by atoms with van der Waals surface area (Å²) < 4.78 is 5.29. The molecular weight excluding hydrogens is 218 g/mol. The van der Waals surface area contributed by atoms with Gasteiger partial charge in [-0.25, -0.2) is 4.79 Å². The number of nitrogens with two attached hydrogens (primary N) is 1. The van der Waals surface area contributed by atoms with Crippen LogP contribution in [0.3, 0.4) is 0 Å². The van der Waals surface area contributed by atoms with Gasteiger partial charge in [0.15, 0.2) is 0 Å². The minimum Gasteiger partial charge on any atom is -0.446 e. The summed E-state index contributed by atoms with van der Waals surface area (Å²) in [5.41, 5.74) is 6.32. The average molecular weight is 235 g/mol. The highest BCUT2D eigenvalue weighted by Crippen LogP contribution is 2.16. The van der Waals surface area contributed by atoms with Crippen molar-refractivity contribution in [2.45, 2.75) is 25.5 Å². The van der Waals surface area contributed by atoms with Gasteiger partial charge in [0.1, 0.15) is 6.10 Å². The highest BCUT2D eigenvalue weighted by Gasteiger charge is 2.26. The van der Waals surface area contributed by atoms with Crippen LogP contribution >= 0.6 is 0 Å². The van der Waals surface area contributed by atoms with Crippen LogP contribution in [0.2, 0.25) is 0 Å². The molecule has 1 aromatic heterocycles. The number of cyclic esters (lactones) is 1. The molecule has 0 aliphatic carbocycles. The Labute approximate surface area is 101 Å². The smallest absolute Gasteiger partial charge is 0.410 e. The second-order valence-electron chi connectivity index (χ2n) is 4.11. The molecule has 1 amide bonds. The minimum atomic E-state index is -0.264. The van der Waals surface area contributed by atoms with Crippen LogP contribution < -0.4 is 5.73 Å². The minimum absolute atomic E-state index is 0.0208. The molecule has 2 N–H and O–H groups in total. The monoisotopic (exact) mass is 235 g/mol. The zero-order valence-corrected chi connectivity index (χ0v) is 9.71. The Kier molecular flexibility index (Phi) is 3.93. The molecular formula is C12H17N3O2. The summed E-state index contributed by atoms with van der Waals surface area (Å²) in [6.45, 7) is 1.77. The summed E-state index contributed by atoms with van der Waals surface area (Å²) >= 11 is 0. The predicted octanol–water partition coefficient (Wildman–Crippen LogP) is 1.14. The van der Waals surface area contributed by atoms with Gasteiger partial charge in [0, 0.05) is 19.2 Å². The van der Waals surface area contributed by atoms with E-state index in [0.29, 0.717) is 19.6 Å². The van der Waals surface area contributed by atoms with Gasteiger partial charge in [0.05, 0.1) is 12.2 Å². The van der Waals surface area contributed by atoms with Gasteiger partial charge in [-0.3, -0.25) is 4.98 Å². The molecule has 2 heterocycles. The fourth-order valence-corrected chi connectivity index (χ4v) is 1.89. The van der Waals surface area contributed by atoms with Crippen molar-refractivity contribution in [1.29, 1.82) is 0 Å². The molecule has 0 radical (unpaired) electrons. The van der Waals surface area contributed by atoms with Gasteiger partial charge in [0.25, 0.3) is 0 Å². The maximum absolute atomic E-state index is 11.7. The summed E-state index contributed by atoms with van der Waals surface area (Å²) in [6.07, 6.45) is 3.02. The Bertz CT molecular complexity index is 369. The molecule has 1 aliphatic rings. The number of nitrogens with zero attached hydrogens (tertiary/aromatic N) is 2. The Morgan fingerprint density at radius 1 is 1.53 bits per heavy atom. The Balaban J connectivity index is 1.90. The van der Waals surface area contributed by atoms with Crippen molar-refractivity contribution in [1.82, 2.24) is 9.88 Å². The summed E-state index contributed by atoms with van der Waals surface area (Å²) in [6, 6.07) is 5.67. The van der Waals surface area contributed by atoms with E-state index in [1.165, 1.54) is 0 Å². The Morgan fingerprint density at radius 3 is 3.06 bits per heavy atom. The van der Waals surface area contributed by atoms with E-state index in [9.17, 15) is 4.79 Å². The van der Waals surface area contributed by atoms with E-state index in [2.05, 4.69) is 4.98 Å². The summed E-state index contributed by atoms with van der Waals surface area (Å²) in [4.78, 5) is 17.6. The van der Waals surface area contributed by atoms with Crippen LogP contribution in [0, 0.1) is 0 Å². The molecule has 2 rings (SSSR count). The third kappa shape index (κ3) is 3.17. The number of pyridine rings is 1. The van der Waals surface area contributed by atoms with Crippen LogP contribution in [-0.2, 0) is 11.3 Å². The van der Waals surface area contributed by atoms with Crippen LogP contribution in [0.4, 0.5) is 4.79 Å². The molecule has 0 spiro atoms. The molecule has 5 heteroatoms. The largest absolute Gasteiger partial charge is 0.446 e. The third-order valence-electron chi connectivity index (χ3n) is 2.81. The third-order valence-corrected chi connectivity index (χ3v) is 2.81. The number of hydrogen-bond donors (Lipinski definition) is 1. The van der Waals surface area contributed by atoms with Crippen molar-refractivity contribution in [2.24, 2.45) is 5.73 Å². The second-order valence-corrected chi connectivity index (χ2v) is 4.11. The number of carbonyl (C=O) groups is 1. The van der Waals surface area contributed by atoms with Crippen LogP contribution in [0.5, 0.6) is 0 Å². The molecule has 92 valence electrons. The molecule has 1 unspecified atom stereocenters. The summed E-state index contributed by atoms with van der Waals surface area (Å²) in [5, 5.41) is 0. The number of hydrogen-bond acceptors (Lipinski definition) is 4. The molecule has 1 aromatic rings. The standard InChI is InChI=1S/C12H17N3O2/c13-6-4-11-5-8-15(12(16)17-11)9-10-3-1-2-7-14-10/h1-3,7,11H,4-6,8-9,13H2. The van der Waals surface area contributed by atoms with Crippen LogP contribution in [0.15, 0.2) is 24.4 Å². The molecule has 0 bridgehead atoms. The number of aromatic nitrogens is 1. The first kappa shape index (κ1) is 11.9.